The Morgan fingerprint density at radius 1 is 1.33 bits per heavy atom. The molecule has 2 rings (SSSR count). The molecule has 1 aliphatic heterocycles. The van der Waals surface area contributed by atoms with Gasteiger partial charge >= 0.3 is 5.97 Å². The Morgan fingerprint density at radius 2 is 2.11 bits per heavy atom. The van der Waals surface area contributed by atoms with E-state index in [-0.39, 0.29) is 24.3 Å². The van der Waals surface area contributed by atoms with Crippen LogP contribution >= 0.6 is 0 Å². The molecule has 0 aromatic rings. The van der Waals surface area contributed by atoms with E-state index in [2.05, 4.69) is 19.1 Å². The van der Waals surface area contributed by atoms with Gasteiger partial charge in [-0.15, -0.1) is 0 Å². The number of hydrogen-bond donors (Lipinski definition) is 0. The van der Waals surface area contributed by atoms with Gasteiger partial charge in [0.1, 0.15) is 0 Å². The van der Waals surface area contributed by atoms with E-state index in [0.29, 0.717) is 0 Å². The molecule has 102 valence electrons. The first kappa shape index (κ1) is 13.6. The molecule has 1 saturated heterocycles. The fourth-order valence-electron chi connectivity index (χ4n) is 3.03. The first-order chi connectivity index (χ1) is 8.79. The highest BCUT2D eigenvalue weighted by Crippen LogP contribution is 2.44. The van der Waals surface area contributed by atoms with Crippen LogP contribution in [0.1, 0.15) is 58.3 Å². The summed E-state index contributed by atoms with van der Waals surface area (Å²) in [6.07, 6.45) is 12.9. The minimum atomic E-state index is -0.390. The topological polar surface area (TPSA) is 35.5 Å². The highest BCUT2D eigenvalue weighted by Gasteiger charge is 2.49. The fraction of sp³-hybridized carbons (Fsp3) is 0.800. The van der Waals surface area contributed by atoms with Crippen LogP contribution in [0.25, 0.3) is 0 Å². The van der Waals surface area contributed by atoms with Crippen LogP contribution < -0.4 is 0 Å². The summed E-state index contributed by atoms with van der Waals surface area (Å²) in [5.41, 5.74) is -0.390. The predicted molar refractivity (Wildman–Crippen MR) is 70.0 cm³/mol. The smallest absolute Gasteiger partial charge is 0.317 e. The lowest BCUT2D eigenvalue weighted by Gasteiger charge is -2.42. The summed E-state index contributed by atoms with van der Waals surface area (Å²) in [4.78, 5) is 12.1. The van der Waals surface area contributed by atoms with Gasteiger partial charge in [0.05, 0.1) is 11.5 Å². The van der Waals surface area contributed by atoms with Gasteiger partial charge in [-0.2, -0.15) is 0 Å². The molecular formula is C15H24O3. The van der Waals surface area contributed by atoms with Crippen molar-refractivity contribution < 1.29 is 14.3 Å². The lowest BCUT2D eigenvalue weighted by atomic mass is 9.69. The first-order valence-electron chi connectivity index (χ1n) is 7.25. The zero-order chi connectivity index (χ0) is 12.8. The van der Waals surface area contributed by atoms with E-state index in [9.17, 15) is 4.79 Å². The maximum atomic E-state index is 12.1. The number of carbonyl (C=O) groups excluding carboxylic acids is 1. The van der Waals surface area contributed by atoms with Crippen molar-refractivity contribution in [3.05, 3.63) is 12.2 Å². The van der Waals surface area contributed by atoms with E-state index >= 15 is 0 Å². The van der Waals surface area contributed by atoms with Crippen molar-refractivity contribution in [3.63, 3.8) is 0 Å². The van der Waals surface area contributed by atoms with E-state index in [1.54, 1.807) is 0 Å². The second-order valence-electron chi connectivity index (χ2n) is 5.42. The summed E-state index contributed by atoms with van der Waals surface area (Å²) in [5, 5.41) is 0. The zero-order valence-electron chi connectivity index (χ0n) is 11.3. The lowest BCUT2D eigenvalue weighted by Crippen LogP contribution is -2.49. The maximum absolute atomic E-state index is 12.1. The second kappa shape index (κ2) is 6.37. The Balaban J connectivity index is 2.05. The molecule has 1 unspecified atom stereocenters. The minimum Gasteiger partial charge on any atom is -0.438 e. The number of rotatable bonds is 4. The Bertz CT molecular complexity index is 303. The van der Waals surface area contributed by atoms with Gasteiger partial charge in [-0.1, -0.05) is 51.2 Å². The lowest BCUT2D eigenvalue weighted by molar-refractivity contribution is -0.211. The number of esters is 1. The molecule has 1 heterocycles. The summed E-state index contributed by atoms with van der Waals surface area (Å²) in [7, 11) is 0. The molecule has 0 aromatic heterocycles. The van der Waals surface area contributed by atoms with Crippen molar-refractivity contribution in [2.75, 3.05) is 6.79 Å². The molecule has 3 heteroatoms. The summed E-state index contributed by atoms with van der Waals surface area (Å²) >= 11 is 0. The van der Waals surface area contributed by atoms with E-state index < -0.39 is 0 Å². The van der Waals surface area contributed by atoms with Crippen LogP contribution in [0, 0.1) is 5.41 Å². The van der Waals surface area contributed by atoms with Gasteiger partial charge < -0.3 is 9.47 Å². The van der Waals surface area contributed by atoms with Gasteiger partial charge in [-0.25, -0.2) is 0 Å². The monoisotopic (exact) mass is 252 g/mol. The van der Waals surface area contributed by atoms with Crippen LogP contribution in [-0.2, 0) is 14.3 Å². The highest BCUT2D eigenvalue weighted by atomic mass is 16.7. The number of unbranched alkanes of at least 4 members (excludes halogenated alkanes) is 2. The third kappa shape index (κ3) is 2.77. The Kier molecular flexibility index (Phi) is 4.81. The van der Waals surface area contributed by atoms with Gasteiger partial charge in [0.15, 0.2) is 6.79 Å². The molecular weight excluding hydrogens is 228 g/mol. The number of ether oxygens (including phenoxy) is 2. The number of cyclic esters (lactones) is 1. The molecule has 0 N–H and O–H groups in total. The van der Waals surface area contributed by atoms with Crippen LogP contribution in [0.15, 0.2) is 12.2 Å². The van der Waals surface area contributed by atoms with Gasteiger partial charge in [-0.3, -0.25) is 4.79 Å². The quantitative estimate of drug-likeness (QED) is 0.436. The predicted octanol–water partition coefficient (Wildman–Crippen LogP) is 3.58. The van der Waals surface area contributed by atoms with Gasteiger partial charge in [0.2, 0.25) is 0 Å². The highest BCUT2D eigenvalue weighted by molar-refractivity contribution is 5.78. The van der Waals surface area contributed by atoms with Crippen molar-refractivity contribution in [1.29, 1.82) is 0 Å². The summed E-state index contributed by atoms with van der Waals surface area (Å²) in [6.45, 7) is 2.30. The molecule has 0 radical (unpaired) electrons. The van der Waals surface area contributed by atoms with Gasteiger partial charge in [0, 0.05) is 0 Å². The van der Waals surface area contributed by atoms with E-state index in [4.69, 9.17) is 9.47 Å². The van der Waals surface area contributed by atoms with Crippen molar-refractivity contribution in [2.24, 2.45) is 5.41 Å². The molecule has 1 saturated carbocycles. The Labute approximate surface area is 110 Å². The molecule has 3 nitrogen and oxygen atoms in total. The second-order valence-corrected chi connectivity index (χ2v) is 5.42. The van der Waals surface area contributed by atoms with Crippen molar-refractivity contribution in [3.8, 4) is 0 Å². The van der Waals surface area contributed by atoms with Gasteiger partial charge in [0.25, 0.3) is 0 Å². The first-order valence-corrected chi connectivity index (χ1v) is 7.25. The van der Waals surface area contributed by atoms with Crippen molar-refractivity contribution in [2.45, 2.75) is 64.4 Å². The Morgan fingerprint density at radius 3 is 2.83 bits per heavy atom. The zero-order valence-corrected chi connectivity index (χ0v) is 11.3. The van der Waals surface area contributed by atoms with E-state index in [0.717, 1.165) is 32.1 Å². The standard InChI is InChI=1S/C15H24O3/c1-2-3-4-6-9-13-15(10-7-5-8-11-15)14(16)18-12-17-13/h6,9,13H,2-5,7-8,10-12H2,1H3/b9-6+. The van der Waals surface area contributed by atoms with Gasteiger partial charge in [-0.05, 0) is 19.3 Å². The van der Waals surface area contributed by atoms with Crippen LogP contribution in [0.4, 0.5) is 0 Å². The maximum Gasteiger partial charge on any atom is 0.317 e. The molecule has 2 aliphatic rings. The summed E-state index contributed by atoms with van der Waals surface area (Å²) < 4.78 is 10.8. The normalized spacial score (nSPS) is 27.6. The summed E-state index contributed by atoms with van der Waals surface area (Å²) in [6, 6.07) is 0. The molecule has 0 amide bonds. The molecule has 18 heavy (non-hydrogen) atoms. The van der Waals surface area contributed by atoms with Crippen LogP contribution in [-0.4, -0.2) is 18.9 Å². The van der Waals surface area contributed by atoms with Crippen LogP contribution in [0.3, 0.4) is 0 Å². The molecule has 2 fully saturated rings. The van der Waals surface area contributed by atoms with Crippen molar-refractivity contribution in [1.82, 2.24) is 0 Å². The van der Waals surface area contributed by atoms with Crippen molar-refractivity contribution >= 4 is 5.97 Å². The fourth-order valence-corrected chi connectivity index (χ4v) is 3.03. The largest absolute Gasteiger partial charge is 0.438 e. The molecule has 0 bridgehead atoms. The number of hydrogen-bond acceptors (Lipinski definition) is 3. The minimum absolute atomic E-state index is 0.0430. The number of allylic oxidation sites excluding steroid dienone is 1. The molecule has 1 atom stereocenters. The number of carbonyl (C=O) groups is 1. The van der Waals surface area contributed by atoms with E-state index in [1.165, 1.54) is 19.3 Å². The molecule has 0 aromatic carbocycles. The third-order valence-electron chi connectivity index (χ3n) is 4.17. The SMILES string of the molecule is CCCC/C=C/C1OCOC(=O)C12CCCCC2. The van der Waals surface area contributed by atoms with E-state index in [1.807, 2.05) is 0 Å². The molecule has 1 aliphatic carbocycles. The summed E-state index contributed by atoms with van der Waals surface area (Å²) in [5.74, 6) is -0.0430. The third-order valence-corrected chi connectivity index (χ3v) is 4.17. The van der Waals surface area contributed by atoms with Crippen LogP contribution in [0.2, 0.25) is 0 Å². The molecule has 1 spiro atoms. The average molecular weight is 252 g/mol. The van der Waals surface area contributed by atoms with Crippen LogP contribution in [0.5, 0.6) is 0 Å². The average Bonchev–Trinajstić information content (AvgIpc) is 2.41. The Hall–Kier alpha value is -0.830.